The van der Waals surface area contributed by atoms with Crippen LogP contribution in [0.15, 0.2) is 35.3 Å². The summed E-state index contributed by atoms with van der Waals surface area (Å²) in [5.41, 5.74) is 1.29. The van der Waals surface area contributed by atoms with Crippen LogP contribution < -0.4 is 5.32 Å². The minimum atomic E-state index is -4.28. The fourth-order valence-corrected chi connectivity index (χ4v) is 3.84. The van der Waals surface area contributed by atoms with Gasteiger partial charge in [-0.3, -0.25) is 9.89 Å². The quantitative estimate of drug-likeness (QED) is 0.249. The molecule has 0 aliphatic carbocycles. The van der Waals surface area contributed by atoms with Crippen LogP contribution in [-0.4, -0.2) is 87.1 Å². The molecule has 2 aliphatic heterocycles. The summed E-state index contributed by atoms with van der Waals surface area (Å²) in [5, 5.41) is 3.22. The van der Waals surface area contributed by atoms with Crippen LogP contribution in [0.2, 0.25) is 0 Å². The van der Waals surface area contributed by atoms with Gasteiger partial charge in [-0.2, -0.15) is 13.2 Å². The lowest BCUT2D eigenvalue weighted by atomic mass is 10.1. The number of ether oxygens (including phenoxy) is 2. The molecule has 0 amide bonds. The van der Waals surface area contributed by atoms with Crippen molar-refractivity contribution in [2.75, 3.05) is 53.0 Å². The standard InChI is InChI=1S/C20H29F3N4O2.HI/c1-24-19(25-8-5-10-28-15-20(21,22)23)27-13-17-18(14-27)29-11-9-26(17)12-16-6-3-2-4-7-16;/h2-4,6-7,17-18H,5,8-15H2,1H3,(H,24,25);1H. The first-order chi connectivity index (χ1) is 14.0. The highest BCUT2D eigenvalue weighted by atomic mass is 127. The second-order valence-electron chi connectivity index (χ2n) is 7.33. The average molecular weight is 542 g/mol. The molecular weight excluding hydrogens is 512 g/mol. The molecule has 170 valence electrons. The number of likely N-dealkylation sites (tertiary alicyclic amines) is 1. The first-order valence-electron chi connectivity index (χ1n) is 9.96. The summed E-state index contributed by atoms with van der Waals surface area (Å²) in [6.45, 7) is 3.42. The van der Waals surface area contributed by atoms with E-state index in [0.29, 0.717) is 19.6 Å². The molecule has 2 aliphatic rings. The van der Waals surface area contributed by atoms with E-state index >= 15 is 0 Å². The number of benzene rings is 1. The zero-order valence-electron chi connectivity index (χ0n) is 17.1. The lowest BCUT2D eigenvalue weighted by Gasteiger charge is -2.36. The fourth-order valence-electron chi connectivity index (χ4n) is 3.84. The van der Waals surface area contributed by atoms with Crippen molar-refractivity contribution in [2.24, 2.45) is 4.99 Å². The second kappa shape index (κ2) is 12.1. The smallest absolute Gasteiger partial charge is 0.373 e. The van der Waals surface area contributed by atoms with Crippen LogP contribution >= 0.6 is 24.0 Å². The fraction of sp³-hybridized carbons (Fsp3) is 0.650. The van der Waals surface area contributed by atoms with Crippen LogP contribution in [0, 0.1) is 0 Å². The predicted molar refractivity (Wildman–Crippen MR) is 120 cm³/mol. The number of fused-ring (bicyclic) bond motifs is 1. The van der Waals surface area contributed by atoms with Crippen molar-refractivity contribution in [3.8, 4) is 0 Å². The van der Waals surface area contributed by atoms with Crippen LogP contribution in [0.3, 0.4) is 0 Å². The summed E-state index contributed by atoms with van der Waals surface area (Å²) in [7, 11) is 1.72. The number of nitrogens with zero attached hydrogens (tertiary/aromatic N) is 3. The number of alkyl halides is 3. The summed E-state index contributed by atoms with van der Waals surface area (Å²) in [6, 6.07) is 10.7. The Bertz CT molecular complexity index is 663. The second-order valence-corrected chi connectivity index (χ2v) is 7.33. The molecule has 1 aromatic rings. The van der Waals surface area contributed by atoms with Gasteiger partial charge in [0.2, 0.25) is 0 Å². The molecule has 2 saturated heterocycles. The van der Waals surface area contributed by atoms with Gasteiger partial charge in [0.25, 0.3) is 0 Å². The molecule has 2 heterocycles. The number of aliphatic imine (C=N–C) groups is 1. The van der Waals surface area contributed by atoms with E-state index in [1.54, 1.807) is 7.05 Å². The highest BCUT2D eigenvalue weighted by Crippen LogP contribution is 2.24. The van der Waals surface area contributed by atoms with Crippen molar-refractivity contribution in [3.05, 3.63) is 35.9 Å². The summed E-state index contributed by atoms with van der Waals surface area (Å²) in [5.74, 6) is 0.749. The number of morpholine rings is 1. The molecule has 6 nitrogen and oxygen atoms in total. The van der Waals surface area contributed by atoms with Crippen molar-refractivity contribution in [1.82, 2.24) is 15.1 Å². The number of rotatable bonds is 7. The van der Waals surface area contributed by atoms with Gasteiger partial charge < -0.3 is 19.7 Å². The third-order valence-electron chi connectivity index (χ3n) is 5.17. The van der Waals surface area contributed by atoms with Gasteiger partial charge >= 0.3 is 6.18 Å². The molecule has 10 heteroatoms. The molecule has 0 bridgehead atoms. The molecule has 1 aromatic carbocycles. The van der Waals surface area contributed by atoms with Gasteiger partial charge in [0.1, 0.15) is 6.61 Å². The summed E-state index contributed by atoms with van der Waals surface area (Å²) in [6.07, 6.45) is -3.67. The summed E-state index contributed by atoms with van der Waals surface area (Å²) < 4.78 is 46.9. The lowest BCUT2D eigenvalue weighted by Crippen LogP contribution is -2.50. The zero-order chi connectivity index (χ0) is 20.7. The SMILES string of the molecule is CN=C(NCCCOCC(F)(F)F)N1CC2OCCN(Cc3ccccc3)C2C1.I. The minimum absolute atomic E-state index is 0. The van der Waals surface area contributed by atoms with Gasteiger partial charge in [0.15, 0.2) is 5.96 Å². The normalized spacial score (nSPS) is 22.5. The minimum Gasteiger partial charge on any atom is -0.373 e. The van der Waals surface area contributed by atoms with Crippen LogP contribution in [0.4, 0.5) is 13.2 Å². The number of guanidine groups is 1. The third-order valence-corrected chi connectivity index (χ3v) is 5.17. The number of hydrogen-bond donors (Lipinski definition) is 1. The topological polar surface area (TPSA) is 49.3 Å². The van der Waals surface area contributed by atoms with Crippen LogP contribution in [-0.2, 0) is 16.0 Å². The maximum atomic E-state index is 12.1. The molecule has 0 aromatic heterocycles. The van der Waals surface area contributed by atoms with Crippen LogP contribution in [0.25, 0.3) is 0 Å². The van der Waals surface area contributed by atoms with E-state index in [2.05, 4.69) is 49.1 Å². The highest BCUT2D eigenvalue weighted by molar-refractivity contribution is 14.0. The van der Waals surface area contributed by atoms with E-state index in [0.717, 1.165) is 32.1 Å². The van der Waals surface area contributed by atoms with E-state index in [1.807, 2.05) is 6.07 Å². The highest BCUT2D eigenvalue weighted by Gasteiger charge is 2.41. The Balaban J connectivity index is 0.00000320. The van der Waals surface area contributed by atoms with Gasteiger partial charge in [0, 0.05) is 46.4 Å². The average Bonchev–Trinajstić information content (AvgIpc) is 3.12. The summed E-state index contributed by atoms with van der Waals surface area (Å²) in [4.78, 5) is 8.95. The Hall–Kier alpha value is -1.11. The molecule has 0 saturated carbocycles. The number of halogens is 4. The predicted octanol–water partition coefficient (Wildman–Crippen LogP) is 2.73. The lowest BCUT2D eigenvalue weighted by molar-refractivity contribution is -0.173. The van der Waals surface area contributed by atoms with Crippen LogP contribution in [0.5, 0.6) is 0 Å². The van der Waals surface area contributed by atoms with E-state index in [9.17, 15) is 13.2 Å². The zero-order valence-corrected chi connectivity index (χ0v) is 19.4. The Morgan fingerprint density at radius 2 is 2.03 bits per heavy atom. The van der Waals surface area contributed by atoms with Crippen molar-refractivity contribution in [1.29, 1.82) is 0 Å². The Kier molecular flexibility index (Phi) is 10.1. The first-order valence-corrected chi connectivity index (χ1v) is 9.96. The maximum Gasteiger partial charge on any atom is 0.411 e. The first kappa shape index (κ1) is 25.2. The monoisotopic (exact) mass is 542 g/mol. The Morgan fingerprint density at radius 1 is 1.27 bits per heavy atom. The van der Waals surface area contributed by atoms with Crippen molar-refractivity contribution in [2.45, 2.75) is 31.3 Å². The molecule has 30 heavy (non-hydrogen) atoms. The van der Waals surface area contributed by atoms with E-state index in [4.69, 9.17) is 4.74 Å². The third kappa shape index (κ3) is 7.54. The van der Waals surface area contributed by atoms with E-state index < -0.39 is 12.8 Å². The Morgan fingerprint density at radius 3 is 2.73 bits per heavy atom. The molecule has 1 N–H and O–H groups in total. The molecule has 3 rings (SSSR count). The van der Waals surface area contributed by atoms with Crippen molar-refractivity contribution in [3.63, 3.8) is 0 Å². The van der Waals surface area contributed by atoms with E-state index in [1.165, 1.54) is 5.56 Å². The van der Waals surface area contributed by atoms with Crippen LogP contribution in [0.1, 0.15) is 12.0 Å². The molecular formula is C20H30F3IN4O2. The molecule has 2 unspecified atom stereocenters. The van der Waals surface area contributed by atoms with Crippen molar-refractivity contribution >= 4 is 29.9 Å². The number of hydrogen-bond acceptors (Lipinski definition) is 4. The molecule has 2 atom stereocenters. The largest absolute Gasteiger partial charge is 0.411 e. The van der Waals surface area contributed by atoms with E-state index in [-0.39, 0.29) is 42.7 Å². The maximum absolute atomic E-state index is 12.1. The summed E-state index contributed by atoms with van der Waals surface area (Å²) >= 11 is 0. The van der Waals surface area contributed by atoms with Gasteiger partial charge in [-0.05, 0) is 12.0 Å². The Labute approximate surface area is 192 Å². The van der Waals surface area contributed by atoms with Gasteiger partial charge in [-0.15, -0.1) is 24.0 Å². The molecule has 2 fully saturated rings. The van der Waals surface area contributed by atoms with Gasteiger partial charge in [-0.25, -0.2) is 0 Å². The van der Waals surface area contributed by atoms with Gasteiger partial charge in [0.05, 0.1) is 18.8 Å². The van der Waals surface area contributed by atoms with Crippen molar-refractivity contribution < 1.29 is 22.6 Å². The number of nitrogens with one attached hydrogen (secondary N) is 1. The van der Waals surface area contributed by atoms with Gasteiger partial charge in [-0.1, -0.05) is 30.3 Å². The molecule has 0 spiro atoms. The molecule has 0 radical (unpaired) electrons.